The molecule has 7 nitrogen and oxygen atoms in total. The number of rotatable bonds is 10. The van der Waals surface area contributed by atoms with Gasteiger partial charge in [0.15, 0.2) is 0 Å². The van der Waals surface area contributed by atoms with Crippen LogP contribution in [0.1, 0.15) is 56.6 Å². The van der Waals surface area contributed by atoms with Crippen LogP contribution in [0.4, 0.5) is 5.82 Å². The van der Waals surface area contributed by atoms with Crippen LogP contribution < -0.4 is 10.5 Å². The maximum absolute atomic E-state index is 12.5. The zero-order valence-electron chi connectivity index (χ0n) is 22.5. The van der Waals surface area contributed by atoms with Gasteiger partial charge in [-0.15, -0.1) is 0 Å². The number of carbonyl (C=O) groups excluding carboxylic acids is 1. The predicted octanol–water partition coefficient (Wildman–Crippen LogP) is 6.05. The van der Waals surface area contributed by atoms with Gasteiger partial charge < -0.3 is 15.0 Å². The lowest BCUT2D eigenvalue weighted by Gasteiger charge is -2.36. The normalized spacial score (nSPS) is 19.6. The minimum atomic E-state index is 0.357. The molecule has 1 aliphatic carbocycles. The van der Waals surface area contributed by atoms with Crippen molar-refractivity contribution in [3.05, 3.63) is 72.7 Å². The number of nitrogens with two attached hydrogens (primary N) is 1. The second kappa shape index (κ2) is 11.6. The average molecular weight is 524 g/mol. The van der Waals surface area contributed by atoms with E-state index in [2.05, 4.69) is 49.9 Å². The van der Waals surface area contributed by atoms with Crippen LogP contribution in [0.5, 0.6) is 5.75 Å². The highest BCUT2D eigenvalue weighted by molar-refractivity contribution is 6.00. The number of piperidine rings is 1. The number of anilines is 1. The van der Waals surface area contributed by atoms with Gasteiger partial charge in [-0.25, -0.2) is 9.97 Å². The Labute approximate surface area is 230 Å². The minimum Gasteiger partial charge on any atom is -0.489 e. The van der Waals surface area contributed by atoms with Crippen molar-refractivity contribution in [1.29, 1.82) is 0 Å². The van der Waals surface area contributed by atoms with Crippen LogP contribution in [-0.4, -0.2) is 44.9 Å². The number of Topliss-reactive ketones (excluding diaryl/α,β-unsaturated/α-hetero) is 1. The number of ether oxygens (including phenoxy) is 1. The Bertz CT molecular complexity index is 1420. The van der Waals surface area contributed by atoms with Gasteiger partial charge in [0.05, 0.1) is 11.9 Å². The van der Waals surface area contributed by atoms with Crippen LogP contribution in [0.2, 0.25) is 0 Å². The van der Waals surface area contributed by atoms with E-state index in [4.69, 9.17) is 10.5 Å². The van der Waals surface area contributed by atoms with Crippen LogP contribution >= 0.6 is 0 Å². The van der Waals surface area contributed by atoms with Gasteiger partial charge in [0.2, 0.25) is 0 Å². The summed E-state index contributed by atoms with van der Waals surface area (Å²) in [6.07, 6.45) is 11.3. The first-order chi connectivity index (χ1) is 19.1. The van der Waals surface area contributed by atoms with Crippen molar-refractivity contribution >= 4 is 22.6 Å². The monoisotopic (exact) mass is 523 g/mol. The molecule has 0 bridgehead atoms. The van der Waals surface area contributed by atoms with Crippen molar-refractivity contribution in [3.63, 3.8) is 0 Å². The maximum atomic E-state index is 12.5. The smallest absolute Gasteiger partial charge is 0.146 e. The summed E-state index contributed by atoms with van der Waals surface area (Å²) in [7, 11) is 0. The van der Waals surface area contributed by atoms with Crippen molar-refractivity contribution < 1.29 is 9.53 Å². The average Bonchev–Trinajstić information content (AvgIpc) is 3.33. The molecule has 2 N–H and O–H groups in total. The first-order valence-corrected chi connectivity index (χ1v) is 14.3. The molecule has 2 aliphatic rings. The van der Waals surface area contributed by atoms with Crippen molar-refractivity contribution in [1.82, 2.24) is 19.4 Å². The van der Waals surface area contributed by atoms with E-state index in [0.29, 0.717) is 43.1 Å². The topological polar surface area (TPSA) is 86.3 Å². The summed E-state index contributed by atoms with van der Waals surface area (Å²) in [5.41, 5.74) is 10.4. The van der Waals surface area contributed by atoms with Gasteiger partial charge in [-0.05, 0) is 74.4 Å². The maximum Gasteiger partial charge on any atom is 0.146 e. The number of likely N-dealkylation sites (tertiary alicyclic amines) is 1. The quantitative estimate of drug-likeness (QED) is 0.272. The number of carbonyl (C=O) groups is 1. The number of fused-ring (bicyclic) bond motifs is 1. The minimum absolute atomic E-state index is 0.357. The van der Waals surface area contributed by atoms with E-state index in [1.54, 1.807) is 6.33 Å². The highest BCUT2D eigenvalue weighted by atomic mass is 16.5. The van der Waals surface area contributed by atoms with Crippen LogP contribution in [0.15, 0.2) is 67.1 Å². The van der Waals surface area contributed by atoms with Gasteiger partial charge >= 0.3 is 0 Å². The fraction of sp³-hybridized carbons (Fsp3) is 0.406. The molecular formula is C32H37N5O2. The first-order valence-electron chi connectivity index (χ1n) is 14.3. The number of aromatic nitrogens is 3. The van der Waals surface area contributed by atoms with Crippen LogP contribution in [0.3, 0.4) is 0 Å². The number of nitrogen functional groups attached to an aromatic ring is 1. The van der Waals surface area contributed by atoms with Crippen LogP contribution in [0.25, 0.3) is 22.2 Å². The summed E-state index contributed by atoms with van der Waals surface area (Å²) in [5.74, 6) is 2.27. The summed E-state index contributed by atoms with van der Waals surface area (Å²) in [6, 6.07) is 18.7. The number of ketones is 1. The zero-order valence-corrected chi connectivity index (χ0v) is 22.5. The van der Waals surface area contributed by atoms with E-state index in [9.17, 15) is 4.79 Å². The first kappa shape index (κ1) is 25.6. The Morgan fingerprint density at radius 3 is 2.64 bits per heavy atom. The lowest BCUT2D eigenvalue weighted by atomic mass is 9.77. The number of hydrogen-bond donors (Lipinski definition) is 1. The Kier molecular flexibility index (Phi) is 7.59. The van der Waals surface area contributed by atoms with Gasteiger partial charge in [-0.2, -0.15) is 0 Å². The third kappa shape index (κ3) is 5.83. The molecule has 2 aromatic carbocycles. The van der Waals surface area contributed by atoms with E-state index in [1.165, 1.54) is 19.3 Å². The Hall–Kier alpha value is -3.71. The van der Waals surface area contributed by atoms with Gasteiger partial charge in [-0.1, -0.05) is 48.9 Å². The molecule has 1 saturated carbocycles. The highest BCUT2D eigenvalue weighted by Crippen LogP contribution is 2.44. The summed E-state index contributed by atoms with van der Waals surface area (Å²) in [4.78, 5) is 23.8. The van der Waals surface area contributed by atoms with E-state index in [1.807, 2.05) is 30.3 Å². The van der Waals surface area contributed by atoms with Crippen molar-refractivity contribution in [3.8, 4) is 16.9 Å². The molecule has 0 atom stereocenters. The molecule has 0 amide bonds. The molecule has 0 unspecified atom stereocenters. The second-order valence-corrected chi connectivity index (χ2v) is 11.1. The fourth-order valence-electron chi connectivity index (χ4n) is 6.07. The van der Waals surface area contributed by atoms with Crippen LogP contribution in [0, 0.1) is 5.92 Å². The van der Waals surface area contributed by atoms with Gasteiger partial charge in [0.1, 0.15) is 35.9 Å². The lowest BCUT2D eigenvalue weighted by Crippen LogP contribution is -2.35. The Morgan fingerprint density at radius 1 is 1.00 bits per heavy atom. The van der Waals surface area contributed by atoms with Crippen molar-refractivity contribution in [2.24, 2.45) is 5.92 Å². The summed E-state index contributed by atoms with van der Waals surface area (Å²) >= 11 is 0. The van der Waals surface area contributed by atoms with Gasteiger partial charge in [0.25, 0.3) is 0 Å². The van der Waals surface area contributed by atoms with Crippen molar-refractivity contribution in [2.75, 3.05) is 25.4 Å². The van der Waals surface area contributed by atoms with E-state index in [-0.39, 0.29) is 0 Å². The third-order valence-corrected chi connectivity index (χ3v) is 8.32. The van der Waals surface area contributed by atoms with E-state index in [0.717, 1.165) is 65.8 Å². The molecule has 1 aliphatic heterocycles. The lowest BCUT2D eigenvalue weighted by molar-refractivity contribution is -0.120. The zero-order chi connectivity index (χ0) is 26.6. The summed E-state index contributed by atoms with van der Waals surface area (Å²) in [6.45, 7) is 3.30. The molecule has 7 heteroatoms. The Morgan fingerprint density at radius 2 is 1.82 bits per heavy atom. The summed E-state index contributed by atoms with van der Waals surface area (Å²) in [5, 5.41) is 0.887. The molecule has 0 radical (unpaired) electrons. The molecular weight excluding hydrogens is 486 g/mol. The molecule has 0 spiro atoms. The molecule has 1 saturated heterocycles. The van der Waals surface area contributed by atoms with Gasteiger partial charge in [0, 0.05) is 24.2 Å². The molecule has 3 heterocycles. The van der Waals surface area contributed by atoms with Crippen molar-refractivity contribution in [2.45, 2.75) is 57.6 Å². The molecule has 2 fully saturated rings. The highest BCUT2D eigenvalue weighted by Gasteiger charge is 2.32. The van der Waals surface area contributed by atoms with Gasteiger partial charge in [-0.3, -0.25) is 9.69 Å². The number of nitrogens with zero attached hydrogens (tertiary/aromatic N) is 4. The molecule has 6 rings (SSSR count). The SMILES string of the molecule is Nc1ncnc2c1c(-c1cccc(OCc3ccccc3)c1)cn2C1CC(CCC(=O)CN2CCCCC2)C1. The van der Waals surface area contributed by atoms with Crippen LogP contribution in [-0.2, 0) is 11.4 Å². The molecule has 2 aromatic heterocycles. The fourth-order valence-corrected chi connectivity index (χ4v) is 6.07. The number of benzene rings is 2. The third-order valence-electron chi connectivity index (χ3n) is 8.32. The van der Waals surface area contributed by atoms with E-state index < -0.39 is 0 Å². The number of hydrogen-bond acceptors (Lipinski definition) is 6. The largest absolute Gasteiger partial charge is 0.489 e. The predicted molar refractivity (Wildman–Crippen MR) is 154 cm³/mol. The summed E-state index contributed by atoms with van der Waals surface area (Å²) < 4.78 is 8.36. The Balaban J connectivity index is 1.13. The van der Waals surface area contributed by atoms with E-state index >= 15 is 0 Å². The second-order valence-electron chi connectivity index (χ2n) is 11.1. The molecule has 4 aromatic rings. The standard InChI is InChI=1S/C32H37N5O2/c33-31-30-29(25-10-7-11-28(18-25)39-21-23-8-3-1-4-9-23)20-37(32(30)35-22-34-31)26-16-24(17-26)12-13-27(38)19-36-14-5-2-6-15-36/h1,3-4,7-11,18,20,22,24,26H,2,5-6,12-17,19,21H2,(H2,33,34,35). The molecule has 39 heavy (non-hydrogen) atoms. The molecule has 202 valence electrons.